The summed E-state index contributed by atoms with van der Waals surface area (Å²) in [7, 11) is 0. The molecule has 0 saturated carbocycles. The average molecular weight is 159 g/mol. The van der Waals surface area contributed by atoms with E-state index in [1.54, 1.807) is 0 Å². The Bertz CT molecular complexity index is 133. The molecule has 0 amide bonds. The molecule has 1 rings (SSSR count). The number of thioether (sulfide) groups is 1. The summed E-state index contributed by atoms with van der Waals surface area (Å²) in [6.07, 6.45) is 3.48. The maximum Gasteiger partial charge on any atom is 0.0271 e. The van der Waals surface area contributed by atoms with Gasteiger partial charge in [0.1, 0.15) is 0 Å². The Kier molecular flexibility index (Phi) is 2.03. The molecule has 1 aliphatic heterocycles. The van der Waals surface area contributed by atoms with Crippen LogP contribution in [0.4, 0.5) is 0 Å². The van der Waals surface area contributed by atoms with Gasteiger partial charge in [-0.05, 0) is 33.4 Å². The highest BCUT2D eigenvalue weighted by molar-refractivity contribution is 8.00. The molecule has 1 saturated heterocycles. The van der Waals surface area contributed by atoms with Crippen LogP contribution in [0.15, 0.2) is 0 Å². The van der Waals surface area contributed by atoms with Crippen LogP contribution in [0.1, 0.15) is 27.2 Å². The molecule has 2 heteroatoms. The van der Waals surface area contributed by atoms with Crippen LogP contribution in [-0.2, 0) is 0 Å². The lowest BCUT2D eigenvalue weighted by Crippen LogP contribution is -2.31. The molecule has 10 heavy (non-hydrogen) atoms. The molecule has 1 heterocycles. The van der Waals surface area contributed by atoms with Crippen molar-refractivity contribution in [3.05, 3.63) is 0 Å². The average Bonchev–Trinajstić information content (AvgIpc) is 2.08. The van der Waals surface area contributed by atoms with Crippen LogP contribution in [-0.4, -0.2) is 23.1 Å². The van der Waals surface area contributed by atoms with Crippen molar-refractivity contribution in [2.75, 3.05) is 12.8 Å². The van der Waals surface area contributed by atoms with Crippen LogP contribution in [0.25, 0.3) is 0 Å². The molecule has 0 aliphatic carbocycles. The molecule has 1 aliphatic rings. The van der Waals surface area contributed by atoms with E-state index >= 15 is 0 Å². The summed E-state index contributed by atoms with van der Waals surface area (Å²) in [5.74, 6) is 0. The van der Waals surface area contributed by atoms with Gasteiger partial charge in [0.05, 0.1) is 0 Å². The Balaban J connectivity index is 2.57. The zero-order valence-electron chi connectivity index (χ0n) is 7.32. The van der Waals surface area contributed by atoms with Crippen molar-refractivity contribution in [1.29, 1.82) is 0 Å². The van der Waals surface area contributed by atoms with Gasteiger partial charge in [-0.2, -0.15) is 11.8 Å². The summed E-state index contributed by atoms with van der Waals surface area (Å²) in [6, 6.07) is 0. The van der Waals surface area contributed by atoms with Gasteiger partial charge in [0.15, 0.2) is 0 Å². The second-order valence-corrected chi connectivity index (χ2v) is 5.46. The minimum Gasteiger partial charge on any atom is -0.310 e. The molecule has 1 atom stereocenters. The normalized spacial score (nSPS) is 38.4. The van der Waals surface area contributed by atoms with Gasteiger partial charge >= 0.3 is 0 Å². The lowest BCUT2D eigenvalue weighted by atomic mass is 9.98. The van der Waals surface area contributed by atoms with Gasteiger partial charge in [-0.15, -0.1) is 0 Å². The fourth-order valence-electron chi connectivity index (χ4n) is 1.63. The lowest BCUT2D eigenvalue weighted by Gasteiger charge is -2.22. The first-order valence-electron chi connectivity index (χ1n) is 3.78. The molecular formula is C8H17NS. The first-order valence-corrected chi connectivity index (χ1v) is 5.00. The van der Waals surface area contributed by atoms with Crippen LogP contribution in [0.2, 0.25) is 0 Å². The second-order valence-electron chi connectivity index (χ2n) is 4.07. The molecule has 60 valence electrons. The molecule has 0 bridgehead atoms. The monoisotopic (exact) mass is 159 g/mol. The third-order valence-electron chi connectivity index (χ3n) is 2.25. The van der Waals surface area contributed by atoms with Crippen molar-refractivity contribution in [2.24, 2.45) is 0 Å². The van der Waals surface area contributed by atoms with Crippen LogP contribution >= 0.6 is 11.8 Å². The van der Waals surface area contributed by atoms with Crippen LogP contribution < -0.4 is 5.32 Å². The minimum absolute atomic E-state index is 0.359. The number of nitrogens with one attached hydrogen (secondary N) is 1. The van der Waals surface area contributed by atoms with Crippen molar-refractivity contribution >= 4 is 11.8 Å². The Morgan fingerprint density at radius 1 is 1.30 bits per heavy atom. The Labute approximate surface area is 68.0 Å². The van der Waals surface area contributed by atoms with E-state index in [4.69, 9.17) is 0 Å². The molecule has 0 spiro atoms. The second kappa shape index (κ2) is 2.42. The number of hydrogen-bond donors (Lipinski definition) is 1. The van der Waals surface area contributed by atoms with Crippen LogP contribution in [0.5, 0.6) is 0 Å². The molecule has 0 radical (unpaired) electrons. The van der Waals surface area contributed by atoms with E-state index in [2.05, 4.69) is 32.3 Å². The van der Waals surface area contributed by atoms with E-state index in [0.717, 1.165) is 6.54 Å². The minimum atomic E-state index is 0.359. The summed E-state index contributed by atoms with van der Waals surface area (Å²) in [4.78, 5) is 0. The quantitative estimate of drug-likeness (QED) is 0.627. The smallest absolute Gasteiger partial charge is 0.0271 e. The molecule has 0 aromatic heterocycles. The van der Waals surface area contributed by atoms with E-state index in [-0.39, 0.29) is 0 Å². The SMILES string of the molecule is CSC1(C)CNC(C)(C)C1. The van der Waals surface area contributed by atoms with Gasteiger partial charge < -0.3 is 5.32 Å². The van der Waals surface area contributed by atoms with Gasteiger partial charge in [0.25, 0.3) is 0 Å². The molecule has 1 unspecified atom stereocenters. The van der Waals surface area contributed by atoms with E-state index in [9.17, 15) is 0 Å². The maximum atomic E-state index is 3.52. The van der Waals surface area contributed by atoms with Crippen molar-refractivity contribution < 1.29 is 0 Å². The predicted octanol–water partition coefficient (Wildman–Crippen LogP) is 1.88. The van der Waals surface area contributed by atoms with E-state index in [1.807, 2.05) is 11.8 Å². The fourth-order valence-corrected chi connectivity index (χ4v) is 2.35. The molecule has 0 aromatic rings. The van der Waals surface area contributed by atoms with Crippen molar-refractivity contribution in [1.82, 2.24) is 5.32 Å². The molecule has 1 N–H and O–H groups in total. The highest BCUT2D eigenvalue weighted by atomic mass is 32.2. The first kappa shape index (κ1) is 8.41. The van der Waals surface area contributed by atoms with Gasteiger partial charge in [-0.3, -0.25) is 0 Å². The summed E-state index contributed by atoms with van der Waals surface area (Å²) in [6.45, 7) is 8.03. The van der Waals surface area contributed by atoms with E-state index in [0.29, 0.717) is 10.3 Å². The highest BCUT2D eigenvalue weighted by Crippen LogP contribution is 2.36. The number of hydrogen-bond acceptors (Lipinski definition) is 2. The summed E-state index contributed by atoms with van der Waals surface area (Å²) < 4.78 is 0.476. The lowest BCUT2D eigenvalue weighted by molar-refractivity contribution is 0.453. The molecule has 0 aromatic carbocycles. The van der Waals surface area contributed by atoms with Crippen molar-refractivity contribution in [3.63, 3.8) is 0 Å². The fraction of sp³-hybridized carbons (Fsp3) is 1.00. The van der Waals surface area contributed by atoms with Crippen LogP contribution in [0, 0.1) is 0 Å². The zero-order chi connectivity index (χ0) is 7.83. The Morgan fingerprint density at radius 2 is 1.90 bits per heavy atom. The third kappa shape index (κ3) is 1.67. The van der Waals surface area contributed by atoms with Gasteiger partial charge in [-0.25, -0.2) is 0 Å². The largest absolute Gasteiger partial charge is 0.310 e. The predicted molar refractivity (Wildman–Crippen MR) is 48.6 cm³/mol. The standard InChI is InChI=1S/C8H17NS/c1-7(2)5-8(3,10-4)6-9-7/h9H,5-6H2,1-4H3. The Hall–Kier alpha value is 0.310. The molecule has 1 nitrogen and oxygen atoms in total. The van der Waals surface area contributed by atoms with Gasteiger partial charge in [0.2, 0.25) is 0 Å². The van der Waals surface area contributed by atoms with Crippen molar-refractivity contribution in [2.45, 2.75) is 37.5 Å². The number of rotatable bonds is 1. The molecular weight excluding hydrogens is 142 g/mol. The third-order valence-corrected chi connectivity index (χ3v) is 3.52. The van der Waals surface area contributed by atoms with Crippen LogP contribution in [0.3, 0.4) is 0 Å². The summed E-state index contributed by atoms with van der Waals surface area (Å²) in [5, 5.41) is 3.52. The first-order chi connectivity index (χ1) is 4.47. The van der Waals surface area contributed by atoms with Crippen molar-refractivity contribution in [3.8, 4) is 0 Å². The maximum absolute atomic E-state index is 3.52. The summed E-state index contributed by atoms with van der Waals surface area (Å²) in [5.41, 5.74) is 0.359. The van der Waals surface area contributed by atoms with Gasteiger partial charge in [0, 0.05) is 16.8 Å². The van der Waals surface area contributed by atoms with E-state index < -0.39 is 0 Å². The molecule has 1 fully saturated rings. The summed E-state index contributed by atoms with van der Waals surface area (Å²) >= 11 is 1.97. The zero-order valence-corrected chi connectivity index (χ0v) is 8.14. The Morgan fingerprint density at radius 3 is 2.10 bits per heavy atom. The highest BCUT2D eigenvalue weighted by Gasteiger charge is 2.38. The van der Waals surface area contributed by atoms with E-state index in [1.165, 1.54) is 6.42 Å². The van der Waals surface area contributed by atoms with Gasteiger partial charge in [-0.1, -0.05) is 0 Å². The topological polar surface area (TPSA) is 12.0 Å².